The van der Waals surface area contributed by atoms with E-state index in [1.54, 1.807) is 18.2 Å². The van der Waals surface area contributed by atoms with E-state index in [-0.39, 0.29) is 0 Å². The van der Waals surface area contributed by atoms with Crippen molar-refractivity contribution in [3.63, 3.8) is 0 Å². The first kappa shape index (κ1) is 11.6. The van der Waals surface area contributed by atoms with Gasteiger partial charge in [0.25, 0.3) is 0 Å². The van der Waals surface area contributed by atoms with Crippen LogP contribution in [-0.2, 0) is 0 Å². The molecule has 1 aromatic rings. The third kappa shape index (κ3) is 3.03. The van der Waals surface area contributed by atoms with Crippen molar-refractivity contribution in [3.8, 4) is 5.75 Å². The molecular weight excluding hydrogens is 224 g/mol. The average Bonchev–Trinajstić information content (AvgIpc) is 2.32. The number of ether oxygens (including phenoxy) is 1. The van der Waals surface area contributed by atoms with Crippen LogP contribution in [0.4, 0.5) is 5.69 Å². The van der Waals surface area contributed by atoms with E-state index in [0.717, 1.165) is 6.54 Å². The molecule has 1 heterocycles. The van der Waals surface area contributed by atoms with Crippen LogP contribution in [0, 0.1) is 0 Å². The second kappa shape index (κ2) is 5.41. The van der Waals surface area contributed by atoms with E-state index in [2.05, 4.69) is 5.32 Å². The molecule has 3 nitrogen and oxygen atoms in total. The highest BCUT2D eigenvalue weighted by Gasteiger charge is 2.13. The van der Waals surface area contributed by atoms with Crippen molar-refractivity contribution in [2.24, 2.45) is 0 Å². The lowest BCUT2D eigenvalue weighted by Crippen LogP contribution is -2.38. The molecule has 0 bridgehead atoms. The molecule has 1 atom stereocenters. The summed E-state index contributed by atoms with van der Waals surface area (Å²) in [5.41, 5.74) is 6.44. The van der Waals surface area contributed by atoms with Gasteiger partial charge in [0, 0.05) is 17.1 Å². The zero-order valence-electron chi connectivity index (χ0n) is 9.21. The molecule has 1 unspecified atom stereocenters. The topological polar surface area (TPSA) is 47.3 Å². The van der Waals surface area contributed by atoms with Crippen LogP contribution in [0.15, 0.2) is 18.2 Å². The Hall–Kier alpha value is -0.930. The van der Waals surface area contributed by atoms with E-state index >= 15 is 0 Å². The summed E-state index contributed by atoms with van der Waals surface area (Å²) < 4.78 is 5.69. The standard InChI is InChI=1S/C12H17ClN2O/c13-9-4-5-11(14)12(7-9)16-8-10-3-1-2-6-15-10/h4-5,7,10,15H,1-3,6,8,14H2. The molecule has 1 aliphatic rings. The summed E-state index contributed by atoms with van der Waals surface area (Å²) in [7, 11) is 0. The van der Waals surface area contributed by atoms with Gasteiger partial charge in [0.15, 0.2) is 0 Å². The first-order valence-electron chi connectivity index (χ1n) is 5.67. The Morgan fingerprint density at radius 3 is 3.06 bits per heavy atom. The van der Waals surface area contributed by atoms with Crippen LogP contribution in [0.2, 0.25) is 5.02 Å². The zero-order chi connectivity index (χ0) is 11.4. The lowest BCUT2D eigenvalue weighted by molar-refractivity contribution is 0.240. The third-order valence-corrected chi connectivity index (χ3v) is 3.06. The van der Waals surface area contributed by atoms with Crippen LogP contribution in [-0.4, -0.2) is 19.2 Å². The van der Waals surface area contributed by atoms with Crippen LogP contribution in [0.3, 0.4) is 0 Å². The normalized spacial score (nSPS) is 20.7. The Kier molecular flexibility index (Phi) is 3.91. The van der Waals surface area contributed by atoms with E-state index in [1.807, 2.05) is 0 Å². The van der Waals surface area contributed by atoms with Gasteiger partial charge in [-0.2, -0.15) is 0 Å². The minimum absolute atomic E-state index is 0.437. The van der Waals surface area contributed by atoms with Crippen LogP contribution in [0.1, 0.15) is 19.3 Å². The number of nitrogens with two attached hydrogens (primary N) is 1. The highest BCUT2D eigenvalue weighted by atomic mass is 35.5. The second-order valence-corrected chi connectivity index (χ2v) is 4.58. The number of hydrogen-bond donors (Lipinski definition) is 2. The molecule has 16 heavy (non-hydrogen) atoms. The predicted octanol–water partition coefficient (Wildman–Crippen LogP) is 2.44. The maximum Gasteiger partial charge on any atom is 0.143 e. The molecule has 1 aromatic carbocycles. The molecule has 2 rings (SSSR count). The lowest BCUT2D eigenvalue weighted by Gasteiger charge is -2.23. The summed E-state index contributed by atoms with van der Waals surface area (Å²) in [6.45, 7) is 1.74. The Labute approximate surface area is 101 Å². The number of hydrogen-bond acceptors (Lipinski definition) is 3. The summed E-state index contributed by atoms with van der Waals surface area (Å²) in [6, 6.07) is 5.74. The first-order valence-corrected chi connectivity index (χ1v) is 6.05. The number of benzene rings is 1. The lowest BCUT2D eigenvalue weighted by atomic mass is 10.1. The van der Waals surface area contributed by atoms with Gasteiger partial charge in [-0.1, -0.05) is 18.0 Å². The molecule has 3 N–H and O–H groups in total. The second-order valence-electron chi connectivity index (χ2n) is 4.14. The summed E-state index contributed by atoms with van der Waals surface area (Å²) >= 11 is 5.89. The molecule has 1 saturated heterocycles. The number of nitrogens with one attached hydrogen (secondary N) is 1. The number of nitrogen functional groups attached to an aromatic ring is 1. The number of piperidine rings is 1. The number of halogens is 1. The fourth-order valence-corrected chi connectivity index (χ4v) is 2.05. The van der Waals surface area contributed by atoms with E-state index in [4.69, 9.17) is 22.1 Å². The monoisotopic (exact) mass is 240 g/mol. The highest BCUT2D eigenvalue weighted by Crippen LogP contribution is 2.25. The van der Waals surface area contributed by atoms with Gasteiger partial charge in [0.05, 0.1) is 5.69 Å². The predicted molar refractivity (Wildman–Crippen MR) is 67.0 cm³/mol. The van der Waals surface area contributed by atoms with Gasteiger partial charge in [0.1, 0.15) is 12.4 Å². The van der Waals surface area contributed by atoms with Crippen LogP contribution in [0.25, 0.3) is 0 Å². The van der Waals surface area contributed by atoms with Gasteiger partial charge in [-0.3, -0.25) is 0 Å². The summed E-state index contributed by atoms with van der Waals surface area (Å²) in [5, 5.41) is 4.08. The largest absolute Gasteiger partial charge is 0.490 e. The van der Waals surface area contributed by atoms with Gasteiger partial charge in [0.2, 0.25) is 0 Å². The highest BCUT2D eigenvalue weighted by molar-refractivity contribution is 6.30. The van der Waals surface area contributed by atoms with Crippen LogP contribution < -0.4 is 15.8 Å². The van der Waals surface area contributed by atoms with Crippen molar-refractivity contribution in [2.75, 3.05) is 18.9 Å². The molecule has 0 aliphatic carbocycles. The smallest absolute Gasteiger partial charge is 0.143 e. The summed E-state index contributed by atoms with van der Waals surface area (Å²) in [6.07, 6.45) is 3.70. The van der Waals surface area contributed by atoms with Crippen LogP contribution >= 0.6 is 11.6 Å². The fourth-order valence-electron chi connectivity index (χ4n) is 1.89. The zero-order valence-corrected chi connectivity index (χ0v) is 9.96. The summed E-state index contributed by atoms with van der Waals surface area (Å²) in [5.74, 6) is 0.680. The minimum Gasteiger partial charge on any atom is -0.490 e. The van der Waals surface area contributed by atoms with Crippen LogP contribution in [0.5, 0.6) is 5.75 Å². The Bertz CT molecular complexity index is 351. The molecule has 0 aromatic heterocycles. The maximum absolute atomic E-state index is 5.89. The fraction of sp³-hybridized carbons (Fsp3) is 0.500. The molecule has 88 valence electrons. The maximum atomic E-state index is 5.89. The van der Waals surface area contributed by atoms with E-state index in [0.29, 0.717) is 29.1 Å². The third-order valence-electron chi connectivity index (χ3n) is 2.83. The average molecular weight is 241 g/mol. The van der Waals surface area contributed by atoms with Crippen molar-refractivity contribution < 1.29 is 4.74 Å². The minimum atomic E-state index is 0.437. The molecule has 1 fully saturated rings. The quantitative estimate of drug-likeness (QED) is 0.798. The van der Waals surface area contributed by atoms with E-state index in [9.17, 15) is 0 Å². The molecule has 4 heteroatoms. The van der Waals surface area contributed by atoms with Gasteiger partial charge in [-0.05, 0) is 31.5 Å². The van der Waals surface area contributed by atoms with Gasteiger partial charge in [-0.15, -0.1) is 0 Å². The molecule has 0 radical (unpaired) electrons. The number of anilines is 1. The first-order chi connectivity index (χ1) is 7.75. The number of rotatable bonds is 3. The summed E-state index contributed by atoms with van der Waals surface area (Å²) in [4.78, 5) is 0. The Morgan fingerprint density at radius 2 is 2.31 bits per heavy atom. The SMILES string of the molecule is Nc1ccc(Cl)cc1OCC1CCCCN1. The van der Waals surface area contributed by atoms with E-state index < -0.39 is 0 Å². The van der Waals surface area contributed by atoms with Gasteiger partial charge < -0.3 is 15.8 Å². The van der Waals surface area contributed by atoms with Crippen molar-refractivity contribution in [3.05, 3.63) is 23.2 Å². The molecule has 0 saturated carbocycles. The van der Waals surface area contributed by atoms with Crippen molar-refractivity contribution in [1.29, 1.82) is 0 Å². The van der Waals surface area contributed by atoms with Crippen molar-refractivity contribution in [1.82, 2.24) is 5.32 Å². The van der Waals surface area contributed by atoms with Gasteiger partial charge in [-0.25, -0.2) is 0 Å². The Morgan fingerprint density at radius 1 is 1.44 bits per heavy atom. The van der Waals surface area contributed by atoms with Crippen molar-refractivity contribution >= 4 is 17.3 Å². The van der Waals surface area contributed by atoms with Crippen molar-refractivity contribution in [2.45, 2.75) is 25.3 Å². The molecule has 1 aliphatic heterocycles. The molecular formula is C12H17ClN2O. The molecule has 0 amide bonds. The Balaban J connectivity index is 1.90. The molecule has 0 spiro atoms. The van der Waals surface area contributed by atoms with Gasteiger partial charge >= 0.3 is 0 Å². The van der Waals surface area contributed by atoms with E-state index in [1.165, 1.54) is 19.3 Å².